The van der Waals surface area contributed by atoms with E-state index < -0.39 is 0 Å². The Morgan fingerprint density at radius 2 is 1.65 bits per heavy atom. The average Bonchev–Trinajstić information content (AvgIpc) is 2.42. The fourth-order valence-corrected chi connectivity index (χ4v) is 5.34. The van der Waals surface area contributed by atoms with Crippen LogP contribution in [0.2, 0.25) is 0 Å². The van der Waals surface area contributed by atoms with E-state index in [9.17, 15) is 9.90 Å². The van der Waals surface area contributed by atoms with E-state index >= 15 is 0 Å². The molecule has 4 aliphatic carbocycles. The van der Waals surface area contributed by atoms with E-state index in [2.05, 4.69) is 6.92 Å². The van der Waals surface area contributed by atoms with Gasteiger partial charge in [-0.2, -0.15) is 0 Å². The van der Waals surface area contributed by atoms with Crippen molar-refractivity contribution in [1.82, 2.24) is 4.90 Å². The van der Waals surface area contributed by atoms with Gasteiger partial charge in [0.1, 0.15) is 0 Å². The minimum absolute atomic E-state index is 0.1000. The summed E-state index contributed by atoms with van der Waals surface area (Å²) in [7, 11) is 0. The molecule has 0 radical (unpaired) electrons. The van der Waals surface area contributed by atoms with Crippen LogP contribution in [0, 0.1) is 29.6 Å². The molecule has 20 heavy (non-hydrogen) atoms. The molecule has 4 saturated carbocycles. The van der Waals surface area contributed by atoms with E-state index in [1.807, 2.05) is 4.90 Å². The number of carbonyl (C=O) groups is 1. The maximum Gasteiger partial charge on any atom is 0.226 e. The van der Waals surface area contributed by atoms with Crippen molar-refractivity contribution >= 4 is 5.91 Å². The average molecular weight is 279 g/mol. The van der Waals surface area contributed by atoms with Crippen LogP contribution in [0.4, 0.5) is 0 Å². The molecule has 0 heterocycles. The topological polar surface area (TPSA) is 40.5 Å². The van der Waals surface area contributed by atoms with Crippen molar-refractivity contribution in [3.8, 4) is 0 Å². The standard InChI is InChI=1S/C17H29NO2/c1-2-3-4-18(5-6-19)17(20)16-14-8-12-7-13(10-14)11-15(16)9-12/h12-16,19H,2-11H2,1H3. The van der Waals surface area contributed by atoms with E-state index in [4.69, 9.17) is 0 Å². The maximum atomic E-state index is 12.9. The summed E-state index contributed by atoms with van der Waals surface area (Å²) >= 11 is 0. The molecular weight excluding hydrogens is 250 g/mol. The number of aliphatic hydroxyl groups excluding tert-OH is 1. The van der Waals surface area contributed by atoms with Gasteiger partial charge in [-0.15, -0.1) is 0 Å². The fourth-order valence-electron chi connectivity index (χ4n) is 5.34. The van der Waals surface area contributed by atoms with E-state index in [-0.39, 0.29) is 12.5 Å². The second-order valence-electron chi connectivity index (χ2n) is 7.36. The highest BCUT2D eigenvalue weighted by molar-refractivity contribution is 5.80. The second kappa shape index (κ2) is 6.05. The van der Waals surface area contributed by atoms with Crippen LogP contribution in [0.25, 0.3) is 0 Å². The van der Waals surface area contributed by atoms with Gasteiger partial charge >= 0.3 is 0 Å². The summed E-state index contributed by atoms with van der Waals surface area (Å²) < 4.78 is 0. The highest BCUT2D eigenvalue weighted by Gasteiger charge is 2.51. The number of amides is 1. The van der Waals surface area contributed by atoms with Gasteiger partial charge in [0, 0.05) is 19.0 Å². The molecule has 4 fully saturated rings. The molecule has 0 saturated heterocycles. The first-order valence-electron chi connectivity index (χ1n) is 8.62. The molecule has 0 atom stereocenters. The molecule has 0 aliphatic heterocycles. The van der Waals surface area contributed by atoms with Gasteiger partial charge in [0.05, 0.1) is 6.61 Å². The highest BCUT2D eigenvalue weighted by Crippen LogP contribution is 2.56. The van der Waals surface area contributed by atoms with Gasteiger partial charge in [-0.1, -0.05) is 13.3 Å². The number of carbonyl (C=O) groups excluding carboxylic acids is 1. The Labute approximate surface area is 122 Å². The SMILES string of the molecule is CCCCN(CCO)C(=O)C1C2CC3CC(C2)CC1C3. The molecule has 4 rings (SSSR count). The summed E-state index contributed by atoms with van der Waals surface area (Å²) in [5.74, 6) is 3.79. The van der Waals surface area contributed by atoms with Crippen LogP contribution in [-0.2, 0) is 4.79 Å². The third kappa shape index (κ3) is 2.61. The third-order valence-electron chi connectivity index (χ3n) is 5.98. The van der Waals surface area contributed by atoms with Crippen LogP contribution in [0.1, 0.15) is 51.9 Å². The van der Waals surface area contributed by atoms with E-state index in [0.29, 0.717) is 24.3 Å². The molecule has 3 heteroatoms. The van der Waals surface area contributed by atoms with Crippen LogP contribution in [-0.4, -0.2) is 35.6 Å². The summed E-state index contributed by atoms with van der Waals surface area (Å²) in [6, 6.07) is 0. The van der Waals surface area contributed by atoms with E-state index in [1.54, 1.807) is 0 Å². The molecule has 1 N–H and O–H groups in total. The Kier molecular flexibility index (Phi) is 4.34. The van der Waals surface area contributed by atoms with Crippen molar-refractivity contribution in [3.05, 3.63) is 0 Å². The molecule has 0 spiro atoms. The second-order valence-corrected chi connectivity index (χ2v) is 7.36. The van der Waals surface area contributed by atoms with E-state index in [1.165, 1.54) is 32.1 Å². The normalized spacial score (nSPS) is 38.2. The molecule has 4 aliphatic rings. The van der Waals surface area contributed by atoms with Crippen LogP contribution >= 0.6 is 0 Å². The minimum atomic E-state index is 0.1000. The number of aliphatic hydroxyl groups is 1. The van der Waals surface area contributed by atoms with Gasteiger partial charge in [0.25, 0.3) is 0 Å². The van der Waals surface area contributed by atoms with Crippen molar-refractivity contribution in [3.63, 3.8) is 0 Å². The van der Waals surface area contributed by atoms with Crippen molar-refractivity contribution in [2.45, 2.75) is 51.9 Å². The molecule has 0 aromatic rings. The van der Waals surface area contributed by atoms with Gasteiger partial charge in [-0.25, -0.2) is 0 Å². The summed E-state index contributed by atoms with van der Waals surface area (Å²) in [5.41, 5.74) is 0. The number of nitrogens with zero attached hydrogens (tertiary/aromatic N) is 1. The summed E-state index contributed by atoms with van der Waals surface area (Å²) in [6.07, 6.45) is 8.78. The van der Waals surface area contributed by atoms with Crippen LogP contribution in [0.5, 0.6) is 0 Å². The van der Waals surface area contributed by atoms with Crippen molar-refractivity contribution < 1.29 is 9.90 Å². The Hall–Kier alpha value is -0.570. The largest absolute Gasteiger partial charge is 0.395 e. The van der Waals surface area contributed by atoms with Gasteiger partial charge in [0.15, 0.2) is 0 Å². The summed E-state index contributed by atoms with van der Waals surface area (Å²) in [4.78, 5) is 14.9. The van der Waals surface area contributed by atoms with Gasteiger partial charge in [0.2, 0.25) is 5.91 Å². The van der Waals surface area contributed by atoms with Crippen LogP contribution in [0.15, 0.2) is 0 Å². The van der Waals surface area contributed by atoms with Crippen molar-refractivity contribution in [2.75, 3.05) is 19.7 Å². The fraction of sp³-hybridized carbons (Fsp3) is 0.941. The van der Waals surface area contributed by atoms with Crippen molar-refractivity contribution in [1.29, 1.82) is 0 Å². The van der Waals surface area contributed by atoms with Crippen molar-refractivity contribution in [2.24, 2.45) is 29.6 Å². The Morgan fingerprint density at radius 1 is 1.05 bits per heavy atom. The predicted octanol–water partition coefficient (Wildman–Crippen LogP) is 2.68. The third-order valence-corrected chi connectivity index (χ3v) is 5.98. The molecule has 3 nitrogen and oxygen atoms in total. The molecule has 4 bridgehead atoms. The van der Waals surface area contributed by atoms with Gasteiger partial charge in [-0.05, 0) is 62.2 Å². The van der Waals surface area contributed by atoms with Crippen LogP contribution < -0.4 is 0 Å². The maximum absolute atomic E-state index is 12.9. The van der Waals surface area contributed by atoms with E-state index in [0.717, 1.165) is 31.2 Å². The zero-order valence-electron chi connectivity index (χ0n) is 12.8. The number of hydrogen-bond donors (Lipinski definition) is 1. The lowest BCUT2D eigenvalue weighted by molar-refractivity contribution is -0.149. The smallest absolute Gasteiger partial charge is 0.226 e. The number of rotatable bonds is 6. The van der Waals surface area contributed by atoms with Gasteiger partial charge in [-0.3, -0.25) is 4.79 Å². The summed E-state index contributed by atoms with van der Waals surface area (Å²) in [5, 5.41) is 9.24. The predicted molar refractivity (Wildman–Crippen MR) is 79.1 cm³/mol. The first kappa shape index (κ1) is 14.4. The van der Waals surface area contributed by atoms with Gasteiger partial charge < -0.3 is 10.0 Å². The van der Waals surface area contributed by atoms with Crippen LogP contribution in [0.3, 0.4) is 0 Å². The quantitative estimate of drug-likeness (QED) is 0.812. The first-order chi connectivity index (χ1) is 9.72. The zero-order valence-corrected chi connectivity index (χ0v) is 12.8. The monoisotopic (exact) mass is 279 g/mol. The molecule has 114 valence electrons. The Bertz CT molecular complexity index is 327. The number of hydrogen-bond acceptors (Lipinski definition) is 2. The molecule has 1 amide bonds. The lowest BCUT2D eigenvalue weighted by Gasteiger charge is -2.54. The molecule has 0 aromatic heterocycles. The summed E-state index contributed by atoms with van der Waals surface area (Å²) in [6.45, 7) is 3.62. The number of unbranched alkanes of at least 4 members (excludes halogenated alkanes) is 1. The zero-order chi connectivity index (χ0) is 14.1. The first-order valence-corrected chi connectivity index (χ1v) is 8.62. The highest BCUT2D eigenvalue weighted by atomic mass is 16.3. The molecule has 0 unspecified atom stereocenters. The lowest BCUT2D eigenvalue weighted by Crippen LogP contribution is -2.52. The Morgan fingerprint density at radius 3 is 2.15 bits per heavy atom. The lowest BCUT2D eigenvalue weighted by atomic mass is 9.51. The molecular formula is C17H29NO2. The minimum Gasteiger partial charge on any atom is -0.395 e. The Balaban J connectivity index is 1.68. The molecule has 0 aromatic carbocycles.